The van der Waals surface area contributed by atoms with Crippen molar-refractivity contribution in [3.8, 4) is 0 Å². The van der Waals surface area contributed by atoms with Crippen LogP contribution >= 0.6 is 0 Å². The van der Waals surface area contributed by atoms with Crippen molar-refractivity contribution in [1.82, 2.24) is 10.2 Å². The van der Waals surface area contributed by atoms with Gasteiger partial charge in [-0.25, -0.2) is 0 Å². The Bertz CT molecular complexity index is 346. The quantitative estimate of drug-likeness (QED) is 0.833. The van der Waals surface area contributed by atoms with Crippen LogP contribution in [0.15, 0.2) is 0 Å². The smallest absolute Gasteiger partial charge is 0.245 e. The fourth-order valence-corrected chi connectivity index (χ4v) is 3.12. The van der Waals surface area contributed by atoms with Crippen LogP contribution in [0.3, 0.4) is 0 Å². The van der Waals surface area contributed by atoms with E-state index in [4.69, 9.17) is 4.74 Å². The molecule has 1 aliphatic heterocycles. The van der Waals surface area contributed by atoms with Crippen LogP contribution < -0.4 is 5.32 Å². The number of rotatable bonds is 3. The molecule has 2 aliphatic rings. The molecule has 0 aromatic heterocycles. The number of nitrogens with zero attached hydrogens (tertiary/aromatic N) is 1. The van der Waals surface area contributed by atoms with E-state index in [-0.39, 0.29) is 30.0 Å². The molecular formula is C14H24N2O3. The van der Waals surface area contributed by atoms with Crippen molar-refractivity contribution in [3.05, 3.63) is 0 Å². The summed E-state index contributed by atoms with van der Waals surface area (Å²) in [6, 6.07) is -0.120. The molecule has 2 rings (SSSR count). The number of hydrogen-bond acceptors (Lipinski definition) is 3. The molecule has 0 bridgehead atoms. The van der Waals surface area contributed by atoms with E-state index in [0.29, 0.717) is 19.4 Å². The van der Waals surface area contributed by atoms with Gasteiger partial charge < -0.3 is 15.0 Å². The maximum atomic E-state index is 12.5. The molecule has 1 saturated carbocycles. The van der Waals surface area contributed by atoms with E-state index in [0.717, 1.165) is 25.7 Å². The highest BCUT2D eigenvalue weighted by molar-refractivity contribution is 5.90. The SMILES string of the molecule is CCC1NC(=O)CCN(C2CCCC(OC)C2)C1=O. The Morgan fingerprint density at radius 3 is 2.84 bits per heavy atom. The molecule has 0 radical (unpaired) electrons. The second-order valence-corrected chi connectivity index (χ2v) is 5.49. The second kappa shape index (κ2) is 6.37. The van der Waals surface area contributed by atoms with Crippen molar-refractivity contribution in [2.75, 3.05) is 13.7 Å². The largest absolute Gasteiger partial charge is 0.381 e. The minimum Gasteiger partial charge on any atom is -0.381 e. The zero-order valence-electron chi connectivity index (χ0n) is 11.9. The molecule has 0 spiro atoms. The zero-order chi connectivity index (χ0) is 13.8. The molecular weight excluding hydrogens is 244 g/mol. The Morgan fingerprint density at radius 1 is 1.37 bits per heavy atom. The minimum absolute atomic E-state index is 0.0122. The van der Waals surface area contributed by atoms with Crippen molar-refractivity contribution in [2.45, 2.75) is 63.6 Å². The Morgan fingerprint density at radius 2 is 2.16 bits per heavy atom. The average Bonchev–Trinajstić information content (AvgIpc) is 2.58. The molecule has 1 saturated heterocycles. The van der Waals surface area contributed by atoms with Gasteiger partial charge in [-0.3, -0.25) is 9.59 Å². The predicted molar refractivity (Wildman–Crippen MR) is 71.6 cm³/mol. The van der Waals surface area contributed by atoms with E-state index in [1.165, 1.54) is 0 Å². The lowest BCUT2D eigenvalue weighted by Gasteiger charge is -2.37. The second-order valence-electron chi connectivity index (χ2n) is 5.49. The van der Waals surface area contributed by atoms with Crippen molar-refractivity contribution >= 4 is 11.8 Å². The topological polar surface area (TPSA) is 58.6 Å². The van der Waals surface area contributed by atoms with Gasteiger partial charge >= 0.3 is 0 Å². The van der Waals surface area contributed by atoms with Crippen LogP contribution in [0.1, 0.15) is 45.4 Å². The number of carbonyl (C=O) groups is 2. The van der Waals surface area contributed by atoms with Gasteiger partial charge in [-0.1, -0.05) is 6.92 Å². The first-order valence-electron chi connectivity index (χ1n) is 7.28. The highest BCUT2D eigenvalue weighted by Gasteiger charge is 2.35. The Labute approximate surface area is 114 Å². The first kappa shape index (κ1) is 14.3. The fourth-order valence-electron chi connectivity index (χ4n) is 3.12. The van der Waals surface area contributed by atoms with Gasteiger partial charge in [0.2, 0.25) is 11.8 Å². The van der Waals surface area contributed by atoms with Gasteiger partial charge in [0.15, 0.2) is 0 Å². The molecule has 5 nitrogen and oxygen atoms in total. The Kier molecular flexibility index (Phi) is 4.80. The van der Waals surface area contributed by atoms with Gasteiger partial charge in [0.1, 0.15) is 6.04 Å². The molecule has 0 aromatic carbocycles. The van der Waals surface area contributed by atoms with E-state index in [1.54, 1.807) is 7.11 Å². The Hall–Kier alpha value is -1.10. The molecule has 2 fully saturated rings. The molecule has 1 heterocycles. The lowest BCUT2D eigenvalue weighted by atomic mass is 9.91. The summed E-state index contributed by atoms with van der Waals surface area (Å²) in [5, 5.41) is 2.81. The summed E-state index contributed by atoms with van der Waals surface area (Å²) < 4.78 is 5.43. The van der Waals surface area contributed by atoms with Crippen LogP contribution in [0, 0.1) is 0 Å². The predicted octanol–water partition coefficient (Wildman–Crippen LogP) is 1.07. The normalized spacial score (nSPS) is 32.9. The summed E-state index contributed by atoms with van der Waals surface area (Å²) in [5.74, 6) is 0.0666. The highest BCUT2D eigenvalue weighted by Crippen LogP contribution is 2.26. The third kappa shape index (κ3) is 3.26. The van der Waals surface area contributed by atoms with Gasteiger partial charge in [0, 0.05) is 26.1 Å². The monoisotopic (exact) mass is 268 g/mol. The van der Waals surface area contributed by atoms with Gasteiger partial charge in [-0.2, -0.15) is 0 Å². The fraction of sp³-hybridized carbons (Fsp3) is 0.857. The third-order valence-electron chi connectivity index (χ3n) is 4.28. The van der Waals surface area contributed by atoms with Crippen molar-refractivity contribution in [2.24, 2.45) is 0 Å². The van der Waals surface area contributed by atoms with Gasteiger partial charge in [-0.15, -0.1) is 0 Å². The molecule has 2 amide bonds. The summed E-state index contributed by atoms with van der Waals surface area (Å²) in [6.07, 6.45) is 5.40. The summed E-state index contributed by atoms with van der Waals surface area (Å²) in [6.45, 7) is 2.48. The molecule has 3 unspecified atom stereocenters. The lowest BCUT2D eigenvalue weighted by molar-refractivity contribution is -0.137. The summed E-state index contributed by atoms with van der Waals surface area (Å²) in [5.41, 5.74) is 0. The number of nitrogens with one attached hydrogen (secondary N) is 1. The molecule has 5 heteroatoms. The zero-order valence-corrected chi connectivity index (χ0v) is 11.9. The number of methoxy groups -OCH3 is 1. The molecule has 3 atom stereocenters. The average molecular weight is 268 g/mol. The summed E-state index contributed by atoms with van der Waals surface area (Å²) >= 11 is 0. The number of amides is 2. The molecule has 108 valence electrons. The standard InChI is InChI=1S/C14H24N2O3/c1-3-12-14(18)16(8-7-13(17)15-12)10-5-4-6-11(9-10)19-2/h10-12H,3-9H2,1-2H3,(H,15,17). The minimum atomic E-state index is -0.349. The van der Waals surface area contributed by atoms with E-state index < -0.39 is 0 Å². The number of carbonyl (C=O) groups excluding carboxylic acids is 2. The summed E-state index contributed by atoms with van der Waals surface area (Å²) in [7, 11) is 1.73. The van der Waals surface area contributed by atoms with E-state index in [9.17, 15) is 9.59 Å². The van der Waals surface area contributed by atoms with Gasteiger partial charge in [0.25, 0.3) is 0 Å². The van der Waals surface area contributed by atoms with Crippen molar-refractivity contribution in [1.29, 1.82) is 0 Å². The third-order valence-corrected chi connectivity index (χ3v) is 4.28. The molecule has 1 aliphatic carbocycles. The van der Waals surface area contributed by atoms with Crippen LogP contribution in [0.4, 0.5) is 0 Å². The van der Waals surface area contributed by atoms with Gasteiger partial charge in [-0.05, 0) is 32.1 Å². The van der Waals surface area contributed by atoms with E-state index in [2.05, 4.69) is 5.32 Å². The summed E-state index contributed by atoms with van der Waals surface area (Å²) in [4.78, 5) is 26.0. The van der Waals surface area contributed by atoms with Crippen molar-refractivity contribution in [3.63, 3.8) is 0 Å². The maximum absolute atomic E-state index is 12.5. The van der Waals surface area contributed by atoms with Crippen LogP contribution in [0.25, 0.3) is 0 Å². The number of ether oxygens (including phenoxy) is 1. The maximum Gasteiger partial charge on any atom is 0.245 e. The van der Waals surface area contributed by atoms with Crippen molar-refractivity contribution < 1.29 is 14.3 Å². The molecule has 0 aromatic rings. The van der Waals surface area contributed by atoms with Crippen LogP contribution in [0.5, 0.6) is 0 Å². The molecule has 19 heavy (non-hydrogen) atoms. The van der Waals surface area contributed by atoms with E-state index in [1.807, 2.05) is 11.8 Å². The first-order valence-corrected chi connectivity index (χ1v) is 7.28. The molecule has 1 N–H and O–H groups in total. The van der Waals surface area contributed by atoms with Gasteiger partial charge in [0.05, 0.1) is 6.10 Å². The van der Waals surface area contributed by atoms with Crippen LogP contribution in [0.2, 0.25) is 0 Å². The van der Waals surface area contributed by atoms with Crippen LogP contribution in [-0.4, -0.2) is 48.6 Å². The van der Waals surface area contributed by atoms with Crippen LogP contribution in [-0.2, 0) is 14.3 Å². The lowest BCUT2D eigenvalue weighted by Crippen LogP contribution is -2.50. The Balaban J connectivity index is 2.08. The van der Waals surface area contributed by atoms with E-state index >= 15 is 0 Å². The first-order chi connectivity index (χ1) is 9.15. The number of hydrogen-bond donors (Lipinski definition) is 1. The highest BCUT2D eigenvalue weighted by atomic mass is 16.5.